The summed E-state index contributed by atoms with van der Waals surface area (Å²) in [6.07, 6.45) is 0. The molecule has 106 valence electrons. The van der Waals surface area contributed by atoms with Gasteiger partial charge in [-0.25, -0.2) is 9.97 Å². The lowest BCUT2D eigenvalue weighted by molar-refractivity contribution is 0.102. The minimum Gasteiger partial charge on any atom is -0.296 e. The van der Waals surface area contributed by atoms with Gasteiger partial charge in [-0.1, -0.05) is 11.3 Å². The average molecular weight is 299 g/mol. The van der Waals surface area contributed by atoms with Crippen molar-refractivity contribution in [2.24, 2.45) is 0 Å². The lowest BCUT2D eigenvalue weighted by Crippen LogP contribution is -2.11. The quantitative estimate of drug-likeness (QED) is 0.786. The fraction of sp³-hybridized carbons (Fsp3) is 0.214. The first-order valence-corrected chi connectivity index (χ1v) is 7.21. The molecule has 0 spiro atoms. The third-order valence-corrected chi connectivity index (χ3v) is 3.84. The summed E-state index contributed by atoms with van der Waals surface area (Å²) in [4.78, 5) is 21.1. The smallest absolute Gasteiger partial charge is 0.257 e. The molecule has 0 radical (unpaired) electrons. The number of nitrogens with zero attached hydrogens (tertiary/aromatic N) is 4. The Morgan fingerprint density at radius 1 is 1.05 bits per heavy atom. The highest BCUT2D eigenvalue weighted by Crippen LogP contribution is 2.17. The van der Waals surface area contributed by atoms with Gasteiger partial charge in [0, 0.05) is 5.56 Å². The number of anilines is 1. The maximum atomic E-state index is 12.2. The summed E-state index contributed by atoms with van der Waals surface area (Å²) in [5, 5.41) is 11.8. The molecule has 0 unspecified atom stereocenters. The lowest BCUT2D eigenvalue weighted by Gasteiger charge is -2.05. The second-order valence-corrected chi connectivity index (χ2v) is 5.86. The molecule has 7 heteroatoms. The zero-order valence-corrected chi connectivity index (χ0v) is 12.7. The number of aryl methyl sites for hydroxylation is 3. The van der Waals surface area contributed by atoms with Gasteiger partial charge < -0.3 is 0 Å². The van der Waals surface area contributed by atoms with Gasteiger partial charge >= 0.3 is 0 Å². The highest BCUT2D eigenvalue weighted by molar-refractivity contribution is 7.15. The number of carbonyl (C=O) groups excluding carboxylic acids is 1. The Hall–Kier alpha value is -2.41. The van der Waals surface area contributed by atoms with E-state index < -0.39 is 0 Å². The molecule has 0 saturated heterocycles. The Kier molecular flexibility index (Phi) is 3.34. The van der Waals surface area contributed by atoms with Gasteiger partial charge in [-0.15, -0.1) is 10.2 Å². The molecule has 1 N–H and O–H groups in total. The minimum atomic E-state index is -0.229. The molecular formula is C14H13N5OS. The van der Waals surface area contributed by atoms with Crippen LogP contribution in [0.2, 0.25) is 0 Å². The molecule has 0 fully saturated rings. The number of hydrogen-bond acceptors (Lipinski definition) is 6. The van der Waals surface area contributed by atoms with Crippen molar-refractivity contribution in [1.82, 2.24) is 20.2 Å². The molecule has 0 atom stereocenters. The Balaban J connectivity index is 1.93. The number of benzene rings is 1. The summed E-state index contributed by atoms with van der Waals surface area (Å²) in [6.45, 7) is 5.66. The van der Waals surface area contributed by atoms with Crippen LogP contribution in [0.5, 0.6) is 0 Å². The van der Waals surface area contributed by atoms with Crippen LogP contribution in [0.25, 0.3) is 11.0 Å². The van der Waals surface area contributed by atoms with Gasteiger partial charge in [-0.3, -0.25) is 10.1 Å². The summed E-state index contributed by atoms with van der Waals surface area (Å²) in [5.74, 6) is -0.229. The summed E-state index contributed by atoms with van der Waals surface area (Å²) < 4.78 is 0. The SMILES string of the molecule is Cc1nnc(NC(=O)c2ccc3nc(C)c(C)nc3c2)s1. The number of rotatable bonds is 2. The summed E-state index contributed by atoms with van der Waals surface area (Å²) in [5.41, 5.74) is 3.76. The third-order valence-electron chi connectivity index (χ3n) is 3.08. The van der Waals surface area contributed by atoms with E-state index in [0.717, 1.165) is 21.9 Å². The number of fused-ring (bicyclic) bond motifs is 1. The standard InChI is InChI=1S/C14H13N5OS/c1-7-8(2)16-12-6-10(4-5-11(12)15-7)13(20)17-14-19-18-9(3)21-14/h4-6H,1-3H3,(H,17,19,20). The molecule has 1 amide bonds. The molecule has 6 nitrogen and oxygen atoms in total. The largest absolute Gasteiger partial charge is 0.296 e. The van der Waals surface area contributed by atoms with E-state index in [4.69, 9.17) is 0 Å². The zero-order valence-electron chi connectivity index (χ0n) is 11.8. The third kappa shape index (κ3) is 2.73. The van der Waals surface area contributed by atoms with Crippen LogP contribution in [0.1, 0.15) is 26.8 Å². The predicted molar refractivity (Wildman–Crippen MR) is 81.6 cm³/mol. The molecule has 0 aliphatic heterocycles. The highest BCUT2D eigenvalue weighted by Gasteiger charge is 2.11. The highest BCUT2D eigenvalue weighted by atomic mass is 32.1. The van der Waals surface area contributed by atoms with E-state index in [9.17, 15) is 4.79 Å². The van der Waals surface area contributed by atoms with Crippen molar-refractivity contribution in [1.29, 1.82) is 0 Å². The van der Waals surface area contributed by atoms with Gasteiger partial charge in [0.2, 0.25) is 5.13 Å². The second-order valence-electron chi connectivity index (χ2n) is 4.68. The molecule has 0 aliphatic rings. The molecule has 0 saturated carbocycles. The number of aromatic nitrogens is 4. The van der Waals surface area contributed by atoms with Crippen LogP contribution in [0, 0.1) is 20.8 Å². The van der Waals surface area contributed by atoms with Crippen LogP contribution < -0.4 is 5.32 Å². The molecule has 0 aliphatic carbocycles. The first-order chi connectivity index (χ1) is 10.0. The number of nitrogens with one attached hydrogen (secondary N) is 1. The summed E-state index contributed by atoms with van der Waals surface area (Å²) >= 11 is 1.34. The summed E-state index contributed by atoms with van der Waals surface area (Å²) in [6, 6.07) is 5.27. The van der Waals surface area contributed by atoms with E-state index in [1.165, 1.54) is 11.3 Å². The molecule has 3 aromatic rings. The van der Waals surface area contributed by atoms with Crippen LogP contribution in [0.3, 0.4) is 0 Å². The second kappa shape index (κ2) is 5.17. The Labute approximate surface area is 125 Å². The Bertz CT molecular complexity index is 842. The fourth-order valence-electron chi connectivity index (χ4n) is 1.89. The number of amides is 1. The molecule has 3 rings (SSSR count). The average Bonchev–Trinajstić information content (AvgIpc) is 2.85. The molecule has 0 bridgehead atoms. The van der Waals surface area contributed by atoms with Gasteiger partial charge in [0.15, 0.2) is 0 Å². The Morgan fingerprint density at radius 3 is 2.43 bits per heavy atom. The van der Waals surface area contributed by atoms with E-state index in [-0.39, 0.29) is 5.91 Å². The van der Waals surface area contributed by atoms with Crippen LogP contribution >= 0.6 is 11.3 Å². The first-order valence-electron chi connectivity index (χ1n) is 6.39. The van der Waals surface area contributed by atoms with Crippen LogP contribution in [0.4, 0.5) is 5.13 Å². The van der Waals surface area contributed by atoms with Crippen molar-refractivity contribution >= 4 is 33.4 Å². The van der Waals surface area contributed by atoms with E-state index in [2.05, 4.69) is 25.5 Å². The topological polar surface area (TPSA) is 80.7 Å². The van der Waals surface area contributed by atoms with Crippen LogP contribution in [0.15, 0.2) is 18.2 Å². The van der Waals surface area contributed by atoms with Gasteiger partial charge in [-0.05, 0) is 39.0 Å². The maximum absolute atomic E-state index is 12.2. The first kappa shape index (κ1) is 13.6. The normalized spacial score (nSPS) is 10.8. The van der Waals surface area contributed by atoms with E-state index in [0.29, 0.717) is 16.2 Å². The van der Waals surface area contributed by atoms with Crippen molar-refractivity contribution in [2.45, 2.75) is 20.8 Å². The molecule has 2 aromatic heterocycles. The van der Waals surface area contributed by atoms with Gasteiger partial charge in [-0.2, -0.15) is 0 Å². The number of carbonyl (C=O) groups is 1. The van der Waals surface area contributed by atoms with Crippen LogP contribution in [-0.2, 0) is 0 Å². The maximum Gasteiger partial charge on any atom is 0.257 e. The Morgan fingerprint density at radius 2 is 1.76 bits per heavy atom. The van der Waals surface area contributed by atoms with E-state index in [1.807, 2.05) is 20.8 Å². The number of hydrogen-bond donors (Lipinski definition) is 1. The van der Waals surface area contributed by atoms with Crippen LogP contribution in [-0.4, -0.2) is 26.1 Å². The minimum absolute atomic E-state index is 0.229. The van der Waals surface area contributed by atoms with Crippen molar-refractivity contribution in [3.8, 4) is 0 Å². The monoisotopic (exact) mass is 299 g/mol. The van der Waals surface area contributed by atoms with Crippen molar-refractivity contribution in [3.63, 3.8) is 0 Å². The van der Waals surface area contributed by atoms with Gasteiger partial charge in [0.1, 0.15) is 5.01 Å². The summed E-state index contributed by atoms with van der Waals surface area (Å²) in [7, 11) is 0. The van der Waals surface area contributed by atoms with E-state index >= 15 is 0 Å². The van der Waals surface area contributed by atoms with Gasteiger partial charge in [0.25, 0.3) is 5.91 Å². The molecule has 21 heavy (non-hydrogen) atoms. The molecule has 2 heterocycles. The van der Waals surface area contributed by atoms with Crippen molar-refractivity contribution in [3.05, 3.63) is 40.2 Å². The predicted octanol–water partition coefficient (Wildman–Crippen LogP) is 2.66. The van der Waals surface area contributed by atoms with Gasteiger partial charge in [0.05, 0.1) is 22.4 Å². The lowest BCUT2D eigenvalue weighted by atomic mass is 10.1. The zero-order chi connectivity index (χ0) is 15.0. The van der Waals surface area contributed by atoms with E-state index in [1.54, 1.807) is 18.2 Å². The molecular weight excluding hydrogens is 286 g/mol. The van der Waals surface area contributed by atoms with Crippen molar-refractivity contribution < 1.29 is 4.79 Å². The fourth-order valence-corrected chi connectivity index (χ4v) is 2.48. The van der Waals surface area contributed by atoms with Crippen molar-refractivity contribution in [2.75, 3.05) is 5.32 Å². The molecule has 1 aromatic carbocycles.